The van der Waals surface area contributed by atoms with E-state index in [0.29, 0.717) is 111 Å². The molecule has 3 amide bonds. The van der Waals surface area contributed by atoms with Crippen LogP contribution in [-0.4, -0.2) is 166 Å². The first-order valence-corrected chi connectivity index (χ1v) is 33.6. The molecule has 18 nitrogen and oxygen atoms in total. The molecule has 0 aromatic heterocycles. The van der Waals surface area contributed by atoms with Crippen LogP contribution < -0.4 is 0 Å². The van der Waals surface area contributed by atoms with Gasteiger partial charge in [-0.1, -0.05) is 72.8 Å². The molecule has 0 spiro atoms. The van der Waals surface area contributed by atoms with Crippen LogP contribution in [0.15, 0.2) is 72.8 Å². The van der Waals surface area contributed by atoms with Gasteiger partial charge in [-0.15, -0.1) is 0 Å². The predicted molar refractivity (Wildman–Crippen MR) is 355 cm³/mol. The predicted octanol–water partition coefficient (Wildman–Crippen LogP) is 12.9. The number of piperazine rings is 1. The fourth-order valence-corrected chi connectivity index (χ4v) is 12.9. The van der Waals surface area contributed by atoms with E-state index in [0.717, 1.165) is 46.5 Å². The van der Waals surface area contributed by atoms with Crippen molar-refractivity contribution in [1.29, 1.82) is 0 Å². The van der Waals surface area contributed by atoms with E-state index in [9.17, 15) is 28.8 Å². The topological polar surface area (TPSA) is 183 Å². The van der Waals surface area contributed by atoms with Crippen molar-refractivity contribution in [2.75, 3.05) is 65.5 Å². The first kappa shape index (κ1) is 73.2. The number of carbonyl (C=O) groups is 6. The summed E-state index contributed by atoms with van der Waals surface area (Å²) in [5, 5.41) is 0. The average Bonchev–Trinajstić information content (AvgIpc) is 2.86. The molecule has 4 fully saturated rings. The van der Waals surface area contributed by atoms with E-state index in [4.69, 9.17) is 33.2 Å². The number of carbonyl (C=O) groups excluding carboxylic acids is 6. The van der Waals surface area contributed by atoms with Gasteiger partial charge in [-0.05, 0) is 214 Å². The number of benzene rings is 3. The summed E-state index contributed by atoms with van der Waals surface area (Å²) in [7, 11) is 0. The molecular weight excluding hydrogens is 1170 g/mol. The fourth-order valence-electron chi connectivity index (χ4n) is 12.9. The molecule has 4 heterocycles. The van der Waals surface area contributed by atoms with Crippen LogP contribution in [0.3, 0.4) is 0 Å². The minimum Gasteiger partial charge on any atom is -0.460 e. The number of hydrogen-bond acceptors (Lipinski definition) is 15. The van der Waals surface area contributed by atoms with Gasteiger partial charge in [-0.3, -0.25) is 24.2 Å². The largest absolute Gasteiger partial charge is 0.460 e. The molecule has 0 saturated carbocycles. The quantitative estimate of drug-likeness (QED) is 0.0768. The Kier molecular flexibility index (Phi) is 24.2. The number of amides is 3. The Hall–Kier alpha value is -6.24. The molecule has 4 saturated heterocycles. The molecular formula is C74H111N5O13. The van der Waals surface area contributed by atoms with Crippen molar-refractivity contribution in [3.8, 4) is 0 Å². The standard InChI is InChI=1S/C74H111N5O13/c1-69(2,3)87-63(80)60(56-28-31-77(44-56)66(83)90-72(10,11)12)39-50-22-19-25-53(36-50)42-75-34-35-76(43-54-26-20-23-51(37-54)40-61(64(81)88-70(4,5)6)57-29-32-78(45-57)67(84)91-73(13,14)15)59(47-75)49-86-48-55-27-21-24-52(38-55)41-62(65(82)89-71(7,8)9)58-30-33-79(46-58)68(85)92-74(16,17)18/h19-27,36-38,56-62H,28-35,39-49H2,1-18H3/t56-,57-,58-,59+,60-,61-,62-/m0/s1. The summed E-state index contributed by atoms with van der Waals surface area (Å²) >= 11 is 0. The average molecular weight is 1280 g/mol. The molecule has 510 valence electrons. The summed E-state index contributed by atoms with van der Waals surface area (Å²) < 4.78 is 42.1. The van der Waals surface area contributed by atoms with E-state index in [1.807, 2.05) is 137 Å². The Morgan fingerprint density at radius 2 is 0.707 bits per heavy atom. The van der Waals surface area contributed by atoms with Crippen molar-refractivity contribution in [2.45, 2.75) is 222 Å². The van der Waals surface area contributed by atoms with Crippen LogP contribution in [0, 0.1) is 35.5 Å². The van der Waals surface area contributed by atoms with E-state index >= 15 is 0 Å². The van der Waals surface area contributed by atoms with Gasteiger partial charge in [0.15, 0.2) is 0 Å². The zero-order valence-corrected chi connectivity index (χ0v) is 58.9. The van der Waals surface area contributed by atoms with Crippen LogP contribution in [0.25, 0.3) is 0 Å². The monoisotopic (exact) mass is 1280 g/mol. The minimum atomic E-state index is -0.686. The molecule has 3 aromatic rings. The molecule has 7 rings (SSSR count). The molecule has 0 N–H and O–H groups in total. The van der Waals surface area contributed by atoms with Gasteiger partial charge >= 0.3 is 36.2 Å². The molecule has 18 heteroatoms. The third kappa shape index (κ3) is 23.6. The molecule has 4 aliphatic rings. The van der Waals surface area contributed by atoms with Gasteiger partial charge in [-0.25, -0.2) is 14.4 Å². The lowest BCUT2D eigenvalue weighted by Crippen LogP contribution is -2.54. The first-order chi connectivity index (χ1) is 42.7. The summed E-state index contributed by atoms with van der Waals surface area (Å²) in [4.78, 5) is 91.9. The second-order valence-electron chi connectivity index (χ2n) is 32.3. The minimum absolute atomic E-state index is 0.0238. The van der Waals surface area contributed by atoms with Crippen molar-refractivity contribution in [1.82, 2.24) is 24.5 Å². The van der Waals surface area contributed by atoms with E-state index in [-0.39, 0.29) is 60.0 Å². The maximum Gasteiger partial charge on any atom is 0.410 e. The lowest BCUT2D eigenvalue weighted by molar-refractivity contribution is -0.163. The SMILES string of the molecule is CC(C)(C)OC(=O)[C@@H](Cc1cccc(COC[C@H]2CN(Cc3cccc(C[C@H](C(=O)OC(C)(C)C)[C@H]4CCN(C(=O)OC(C)(C)C)C4)c3)CCN2Cc2cccc(C[C@H](C(=O)OC(C)(C)C)[C@H]3CCN(C(=O)OC(C)(C)C)C3)c2)c1)[C@H]1CCN(C(=O)OC(C)(C)C)C1. The maximum atomic E-state index is 14.1. The first-order valence-electron chi connectivity index (χ1n) is 33.6. The van der Waals surface area contributed by atoms with Crippen molar-refractivity contribution < 1.29 is 61.9 Å². The number of likely N-dealkylation sites (tertiary alicyclic amines) is 3. The molecule has 0 aliphatic carbocycles. The van der Waals surface area contributed by atoms with Gasteiger partial charge in [0.05, 0.1) is 31.0 Å². The Balaban J connectivity index is 1.10. The van der Waals surface area contributed by atoms with E-state index in [1.165, 1.54) is 0 Å². The maximum absolute atomic E-state index is 14.1. The fraction of sp³-hybridized carbons (Fsp3) is 0.676. The van der Waals surface area contributed by atoms with Crippen molar-refractivity contribution in [2.24, 2.45) is 35.5 Å². The Morgan fingerprint density at radius 1 is 0.391 bits per heavy atom. The van der Waals surface area contributed by atoms with Crippen LogP contribution in [0.1, 0.15) is 177 Å². The number of nitrogens with zero attached hydrogens (tertiary/aromatic N) is 5. The zero-order valence-electron chi connectivity index (χ0n) is 58.9. The van der Waals surface area contributed by atoms with Gasteiger partial charge in [0, 0.05) is 78.0 Å². The van der Waals surface area contributed by atoms with Gasteiger partial charge < -0.3 is 47.9 Å². The highest BCUT2D eigenvalue weighted by atomic mass is 16.6. The summed E-state index contributed by atoms with van der Waals surface area (Å²) in [6.07, 6.45) is 2.25. The third-order valence-electron chi connectivity index (χ3n) is 16.9. The van der Waals surface area contributed by atoms with Crippen LogP contribution in [0.4, 0.5) is 14.4 Å². The van der Waals surface area contributed by atoms with Crippen LogP contribution in [0.5, 0.6) is 0 Å². The molecule has 0 bridgehead atoms. The highest BCUT2D eigenvalue weighted by molar-refractivity contribution is 5.76. The lowest BCUT2D eigenvalue weighted by Gasteiger charge is -2.41. The Bertz CT molecular complexity index is 3000. The number of hydrogen-bond donors (Lipinski definition) is 0. The summed E-state index contributed by atoms with van der Waals surface area (Å²) in [6.45, 7) is 40.7. The molecule has 0 unspecified atom stereocenters. The smallest absolute Gasteiger partial charge is 0.410 e. The van der Waals surface area contributed by atoms with Gasteiger partial charge in [0.1, 0.15) is 33.6 Å². The molecule has 0 radical (unpaired) electrons. The summed E-state index contributed by atoms with van der Waals surface area (Å²) in [6, 6.07) is 25.2. The van der Waals surface area contributed by atoms with E-state index in [1.54, 1.807) is 14.7 Å². The van der Waals surface area contributed by atoms with Gasteiger partial charge in [0.2, 0.25) is 0 Å². The van der Waals surface area contributed by atoms with E-state index < -0.39 is 51.4 Å². The van der Waals surface area contributed by atoms with Crippen LogP contribution in [-0.2, 0) is 86.5 Å². The molecule has 7 atom stereocenters. The van der Waals surface area contributed by atoms with Gasteiger partial charge in [0.25, 0.3) is 0 Å². The zero-order chi connectivity index (χ0) is 67.7. The van der Waals surface area contributed by atoms with Gasteiger partial charge in [-0.2, -0.15) is 0 Å². The van der Waals surface area contributed by atoms with Crippen LogP contribution >= 0.6 is 0 Å². The second kappa shape index (κ2) is 30.4. The highest BCUT2D eigenvalue weighted by Crippen LogP contribution is 2.35. The third-order valence-corrected chi connectivity index (χ3v) is 16.9. The van der Waals surface area contributed by atoms with Crippen LogP contribution in [0.2, 0.25) is 0 Å². The van der Waals surface area contributed by atoms with Crippen molar-refractivity contribution in [3.63, 3.8) is 0 Å². The summed E-state index contributed by atoms with van der Waals surface area (Å²) in [5.74, 6) is -2.54. The Morgan fingerprint density at radius 3 is 1.05 bits per heavy atom. The second-order valence-corrected chi connectivity index (χ2v) is 32.3. The lowest BCUT2D eigenvalue weighted by atomic mass is 9.85. The molecule has 3 aromatic carbocycles. The van der Waals surface area contributed by atoms with E-state index in [2.05, 4.69) is 70.5 Å². The van der Waals surface area contributed by atoms with Crippen molar-refractivity contribution >= 4 is 36.2 Å². The number of rotatable bonds is 20. The number of ether oxygens (including phenoxy) is 7. The molecule has 92 heavy (non-hydrogen) atoms. The summed E-state index contributed by atoms with van der Waals surface area (Å²) in [5.41, 5.74) is 2.29. The number of esters is 3. The highest BCUT2D eigenvalue weighted by Gasteiger charge is 2.43. The van der Waals surface area contributed by atoms with Crippen molar-refractivity contribution in [3.05, 3.63) is 106 Å². The Labute approximate surface area is 550 Å². The normalized spacial score (nSPS) is 20.7. The molecule has 4 aliphatic heterocycles.